The van der Waals surface area contributed by atoms with Crippen molar-refractivity contribution in [2.24, 2.45) is 0 Å². The average Bonchev–Trinajstić information content (AvgIpc) is 3.01. The lowest BCUT2D eigenvalue weighted by atomic mass is 10.3. The van der Waals surface area contributed by atoms with Gasteiger partial charge in [0, 0.05) is 19.0 Å². The summed E-state index contributed by atoms with van der Waals surface area (Å²) >= 11 is 1.76. The molecular formula is C12H17NOS. The van der Waals surface area contributed by atoms with Gasteiger partial charge < -0.3 is 9.64 Å². The van der Waals surface area contributed by atoms with Crippen molar-refractivity contribution in [2.75, 3.05) is 25.3 Å². The van der Waals surface area contributed by atoms with Crippen molar-refractivity contribution in [3.05, 3.63) is 18.2 Å². The van der Waals surface area contributed by atoms with E-state index in [0.29, 0.717) is 6.10 Å². The van der Waals surface area contributed by atoms with Gasteiger partial charge in [-0.05, 0) is 31.2 Å². The minimum Gasteiger partial charge on any atom is -0.488 e. The first-order chi connectivity index (χ1) is 7.22. The van der Waals surface area contributed by atoms with E-state index in [1.807, 2.05) is 0 Å². The number of thioether (sulfide) groups is 1. The quantitative estimate of drug-likeness (QED) is 0.728. The molecule has 82 valence electrons. The Morgan fingerprint density at radius 2 is 2.07 bits per heavy atom. The van der Waals surface area contributed by atoms with Crippen LogP contribution in [0, 0.1) is 0 Å². The molecule has 1 aromatic carbocycles. The highest BCUT2D eigenvalue weighted by atomic mass is 32.2. The topological polar surface area (TPSA) is 12.5 Å². The van der Waals surface area contributed by atoms with Crippen LogP contribution < -0.4 is 9.64 Å². The monoisotopic (exact) mass is 223 g/mol. The molecule has 1 aliphatic rings. The number of hydrogen-bond acceptors (Lipinski definition) is 3. The van der Waals surface area contributed by atoms with Crippen LogP contribution in [0.3, 0.4) is 0 Å². The zero-order valence-electron chi connectivity index (χ0n) is 9.49. The molecule has 0 unspecified atom stereocenters. The van der Waals surface area contributed by atoms with Crippen molar-refractivity contribution in [3.63, 3.8) is 0 Å². The number of rotatable bonds is 4. The van der Waals surface area contributed by atoms with Crippen molar-refractivity contribution in [1.29, 1.82) is 0 Å². The molecule has 0 atom stereocenters. The molecule has 0 radical (unpaired) electrons. The molecule has 1 aliphatic carbocycles. The largest absolute Gasteiger partial charge is 0.488 e. The number of para-hydroxylation sites is 1. The molecule has 0 heterocycles. The SMILES string of the molecule is CSc1cccc(OC2CC2)c1N(C)C. The summed E-state index contributed by atoms with van der Waals surface area (Å²) < 4.78 is 5.91. The second-order valence-corrected chi connectivity index (χ2v) is 4.87. The molecule has 0 aromatic heterocycles. The van der Waals surface area contributed by atoms with Crippen LogP contribution in [0.1, 0.15) is 12.8 Å². The first-order valence-electron chi connectivity index (χ1n) is 5.23. The first kappa shape index (κ1) is 10.7. The van der Waals surface area contributed by atoms with Gasteiger partial charge in [0.25, 0.3) is 0 Å². The zero-order valence-corrected chi connectivity index (χ0v) is 10.3. The first-order valence-corrected chi connectivity index (χ1v) is 6.46. The second kappa shape index (κ2) is 4.35. The van der Waals surface area contributed by atoms with Crippen LogP contribution in [0.5, 0.6) is 5.75 Å². The minimum absolute atomic E-state index is 0.459. The number of ether oxygens (including phenoxy) is 1. The van der Waals surface area contributed by atoms with Crippen molar-refractivity contribution >= 4 is 17.4 Å². The summed E-state index contributed by atoms with van der Waals surface area (Å²) in [6, 6.07) is 6.27. The molecule has 0 bridgehead atoms. The van der Waals surface area contributed by atoms with Gasteiger partial charge in [-0.2, -0.15) is 0 Å². The lowest BCUT2D eigenvalue weighted by Crippen LogP contribution is -2.12. The lowest BCUT2D eigenvalue weighted by Gasteiger charge is -2.20. The van der Waals surface area contributed by atoms with E-state index >= 15 is 0 Å². The van der Waals surface area contributed by atoms with E-state index < -0.39 is 0 Å². The van der Waals surface area contributed by atoms with E-state index in [0.717, 1.165) is 5.75 Å². The maximum absolute atomic E-state index is 5.91. The Bertz CT molecular complexity index is 347. The van der Waals surface area contributed by atoms with Crippen LogP contribution >= 0.6 is 11.8 Å². The Morgan fingerprint density at radius 3 is 2.60 bits per heavy atom. The van der Waals surface area contributed by atoms with Crippen molar-refractivity contribution in [2.45, 2.75) is 23.8 Å². The van der Waals surface area contributed by atoms with Crippen LogP contribution in [-0.4, -0.2) is 26.5 Å². The number of hydrogen-bond donors (Lipinski definition) is 0. The number of anilines is 1. The van der Waals surface area contributed by atoms with E-state index in [4.69, 9.17) is 4.74 Å². The Balaban J connectivity index is 2.32. The Kier molecular flexibility index (Phi) is 3.10. The van der Waals surface area contributed by atoms with E-state index in [-0.39, 0.29) is 0 Å². The zero-order chi connectivity index (χ0) is 10.8. The minimum atomic E-state index is 0.459. The van der Waals surface area contributed by atoms with Gasteiger partial charge in [0.15, 0.2) is 0 Å². The normalized spacial score (nSPS) is 15.1. The third-order valence-electron chi connectivity index (χ3n) is 2.45. The molecule has 1 saturated carbocycles. The van der Waals surface area contributed by atoms with E-state index in [9.17, 15) is 0 Å². The van der Waals surface area contributed by atoms with E-state index in [1.165, 1.54) is 23.4 Å². The predicted octanol–water partition coefficient (Wildman–Crippen LogP) is 3.02. The predicted molar refractivity (Wildman–Crippen MR) is 66.2 cm³/mol. The fourth-order valence-corrected chi connectivity index (χ4v) is 2.26. The molecule has 3 heteroatoms. The molecule has 0 aliphatic heterocycles. The Morgan fingerprint density at radius 1 is 1.33 bits per heavy atom. The van der Waals surface area contributed by atoms with Crippen LogP contribution in [0.4, 0.5) is 5.69 Å². The summed E-state index contributed by atoms with van der Waals surface area (Å²) in [5.41, 5.74) is 1.21. The van der Waals surface area contributed by atoms with Gasteiger partial charge in [0.2, 0.25) is 0 Å². The van der Waals surface area contributed by atoms with Crippen LogP contribution in [0.25, 0.3) is 0 Å². The van der Waals surface area contributed by atoms with Crippen molar-refractivity contribution < 1.29 is 4.74 Å². The second-order valence-electron chi connectivity index (χ2n) is 4.02. The summed E-state index contributed by atoms with van der Waals surface area (Å²) in [6.45, 7) is 0. The van der Waals surface area contributed by atoms with E-state index in [1.54, 1.807) is 11.8 Å². The molecule has 1 aromatic rings. The molecule has 2 nitrogen and oxygen atoms in total. The fraction of sp³-hybridized carbons (Fsp3) is 0.500. The van der Waals surface area contributed by atoms with Gasteiger partial charge in [-0.15, -0.1) is 11.8 Å². The molecule has 0 amide bonds. The fourth-order valence-electron chi connectivity index (χ4n) is 1.57. The molecule has 1 fully saturated rings. The molecule has 0 spiro atoms. The third-order valence-corrected chi connectivity index (χ3v) is 3.22. The Hall–Kier alpha value is -0.830. The summed E-state index contributed by atoms with van der Waals surface area (Å²) in [7, 11) is 4.13. The number of benzene rings is 1. The standard InChI is InChI=1S/C12H17NOS/c1-13(2)12-10(14-9-7-8-9)5-4-6-11(12)15-3/h4-6,9H,7-8H2,1-3H3. The van der Waals surface area contributed by atoms with E-state index in [2.05, 4.69) is 43.5 Å². The number of nitrogens with zero attached hydrogens (tertiary/aromatic N) is 1. The molecule has 0 saturated heterocycles. The van der Waals surface area contributed by atoms with Crippen molar-refractivity contribution in [1.82, 2.24) is 0 Å². The highest BCUT2D eigenvalue weighted by Crippen LogP contribution is 2.39. The van der Waals surface area contributed by atoms with Gasteiger partial charge in [0.1, 0.15) is 5.75 Å². The molecular weight excluding hydrogens is 206 g/mol. The van der Waals surface area contributed by atoms with Gasteiger partial charge in [-0.25, -0.2) is 0 Å². The summed E-state index contributed by atoms with van der Waals surface area (Å²) in [4.78, 5) is 3.40. The van der Waals surface area contributed by atoms with Gasteiger partial charge in [0.05, 0.1) is 11.8 Å². The summed E-state index contributed by atoms with van der Waals surface area (Å²) in [5, 5.41) is 0. The molecule has 15 heavy (non-hydrogen) atoms. The average molecular weight is 223 g/mol. The van der Waals surface area contributed by atoms with Crippen molar-refractivity contribution in [3.8, 4) is 5.75 Å². The maximum atomic E-state index is 5.91. The maximum Gasteiger partial charge on any atom is 0.144 e. The summed E-state index contributed by atoms with van der Waals surface area (Å²) in [6.07, 6.45) is 4.97. The highest BCUT2D eigenvalue weighted by Gasteiger charge is 2.25. The van der Waals surface area contributed by atoms with Crippen LogP contribution in [0.2, 0.25) is 0 Å². The molecule has 2 rings (SSSR count). The summed E-state index contributed by atoms with van der Waals surface area (Å²) in [5.74, 6) is 1.02. The lowest BCUT2D eigenvalue weighted by molar-refractivity contribution is 0.303. The molecule has 0 N–H and O–H groups in total. The van der Waals surface area contributed by atoms with Gasteiger partial charge >= 0.3 is 0 Å². The third kappa shape index (κ3) is 2.40. The van der Waals surface area contributed by atoms with Gasteiger partial charge in [-0.3, -0.25) is 0 Å². The van der Waals surface area contributed by atoms with Crippen LogP contribution in [0.15, 0.2) is 23.1 Å². The smallest absolute Gasteiger partial charge is 0.144 e. The Labute approximate surface area is 95.6 Å². The van der Waals surface area contributed by atoms with Gasteiger partial charge in [-0.1, -0.05) is 6.07 Å². The van der Waals surface area contributed by atoms with Crippen LogP contribution in [-0.2, 0) is 0 Å². The highest BCUT2D eigenvalue weighted by molar-refractivity contribution is 7.98.